The number of hydrogen-bond acceptors (Lipinski definition) is 2. The van der Waals surface area contributed by atoms with Crippen molar-refractivity contribution in [2.45, 2.75) is 13.3 Å². The van der Waals surface area contributed by atoms with E-state index < -0.39 is 0 Å². The van der Waals surface area contributed by atoms with Gasteiger partial charge in [0.2, 0.25) is 5.88 Å². The third kappa shape index (κ3) is 3.49. The third-order valence-corrected chi connectivity index (χ3v) is 5.40. The lowest BCUT2D eigenvalue weighted by Crippen LogP contribution is -1.99. The summed E-state index contributed by atoms with van der Waals surface area (Å²) < 4.78 is 4.04. The number of imidazole rings is 1. The average Bonchev–Trinajstić information content (AvgIpc) is 2.93. The standard InChI is InChI=1S/C23H19ClN2OS/c1-16-22(27)26(21-13-9-19(24)10-14-21)23(28)25(16)20-11-7-18(8-12-20)15-17-5-3-2-4-6-17/h2-14,27H,15H2,1H3. The second kappa shape index (κ2) is 7.66. The van der Waals surface area contributed by atoms with Crippen LogP contribution in [0.2, 0.25) is 5.02 Å². The monoisotopic (exact) mass is 406 g/mol. The molecule has 0 saturated heterocycles. The molecule has 0 radical (unpaired) electrons. The molecule has 0 aliphatic carbocycles. The van der Waals surface area contributed by atoms with Gasteiger partial charge in [0.1, 0.15) is 0 Å². The minimum absolute atomic E-state index is 0.126. The predicted molar refractivity (Wildman–Crippen MR) is 117 cm³/mol. The molecule has 0 unspecified atom stereocenters. The van der Waals surface area contributed by atoms with Crippen molar-refractivity contribution in [1.82, 2.24) is 9.13 Å². The number of nitrogens with zero attached hydrogens (tertiary/aromatic N) is 2. The van der Waals surface area contributed by atoms with E-state index in [0.29, 0.717) is 15.5 Å². The number of rotatable bonds is 4. The number of benzene rings is 3. The van der Waals surface area contributed by atoms with Crippen LogP contribution in [0.15, 0.2) is 78.9 Å². The Morgan fingerprint density at radius 1 is 0.786 bits per heavy atom. The molecule has 4 aromatic rings. The van der Waals surface area contributed by atoms with Crippen molar-refractivity contribution in [2.75, 3.05) is 0 Å². The summed E-state index contributed by atoms with van der Waals surface area (Å²) in [6.45, 7) is 1.86. The molecule has 4 rings (SSSR count). The van der Waals surface area contributed by atoms with Crippen LogP contribution in [0.5, 0.6) is 5.88 Å². The molecule has 0 fully saturated rings. The molecule has 0 aliphatic rings. The van der Waals surface area contributed by atoms with E-state index in [1.165, 1.54) is 11.1 Å². The fourth-order valence-electron chi connectivity index (χ4n) is 3.32. The van der Waals surface area contributed by atoms with E-state index in [0.717, 1.165) is 17.8 Å². The van der Waals surface area contributed by atoms with Crippen molar-refractivity contribution in [3.8, 4) is 17.3 Å². The van der Waals surface area contributed by atoms with Gasteiger partial charge in [0.25, 0.3) is 0 Å². The Kier molecular flexibility index (Phi) is 5.07. The van der Waals surface area contributed by atoms with Gasteiger partial charge in [0.05, 0.1) is 11.4 Å². The lowest BCUT2D eigenvalue weighted by molar-refractivity contribution is 0.437. The van der Waals surface area contributed by atoms with E-state index in [-0.39, 0.29) is 5.88 Å². The van der Waals surface area contributed by atoms with Gasteiger partial charge in [-0.15, -0.1) is 0 Å². The van der Waals surface area contributed by atoms with Gasteiger partial charge >= 0.3 is 0 Å². The molecule has 3 aromatic carbocycles. The SMILES string of the molecule is Cc1c(O)n(-c2ccc(Cl)cc2)c(=S)n1-c1ccc(Cc2ccccc2)cc1. The quantitative estimate of drug-likeness (QED) is 0.405. The molecule has 1 heterocycles. The van der Waals surface area contributed by atoms with Gasteiger partial charge in [-0.1, -0.05) is 54.1 Å². The van der Waals surface area contributed by atoms with Gasteiger partial charge in [-0.25, -0.2) is 0 Å². The normalized spacial score (nSPS) is 10.9. The zero-order valence-corrected chi connectivity index (χ0v) is 16.9. The van der Waals surface area contributed by atoms with Crippen LogP contribution in [-0.4, -0.2) is 14.2 Å². The molecule has 0 spiro atoms. The summed E-state index contributed by atoms with van der Waals surface area (Å²) in [5, 5.41) is 11.3. The van der Waals surface area contributed by atoms with Crippen molar-refractivity contribution in [3.63, 3.8) is 0 Å². The summed E-state index contributed by atoms with van der Waals surface area (Å²) >= 11 is 11.6. The van der Waals surface area contributed by atoms with Crippen LogP contribution in [0.25, 0.3) is 11.4 Å². The molecule has 28 heavy (non-hydrogen) atoms. The first-order valence-electron chi connectivity index (χ1n) is 8.97. The fourth-order valence-corrected chi connectivity index (χ4v) is 3.88. The minimum Gasteiger partial charge on any atom is -0.493 e. The predicted octanol–water partition coefficient (Wildman–Crippen LogP) is 6.26. The molecule has 1 N–H and O–H groups in total. The van der Waals surface area contributed by atoms with Crippen LogP contribution in [-0.2, 0) is 6.42 Å². The molecule has 0 atom stereocenters. The van der Waals surface area contributed by atoms with E-state index in [1.54, 1.807) is 16.7 Å². The maximum atomic E-state index is 10.7. The number of aromatic nitrogens is 2. The third-order valence-electron chi connectivity index (χ3n) is 4.78. The highest BCUT2D eigenvalue weighted by atomic mass is 35.5. The zero-order valence-electron chi connectivity index (χ0n) is 15.3. The maximum Gasteiger partial charge on any atom is 0.218 e. The molecule has 0 bridgehead atoms. The first-order valence-corrected chi connectivity index (χ1v) is 9.76. The topological polar surface area (TPSA) is 30.1 Å². The van der Waals surface area contributed by atoms with Crippen LogP contribution < -0.4 is 0 Å². The Balaban J connectivity index is 1.71. The fraction of sp³-hybridized carbons (Fsp3) is 0.0870. The second-order valence-corrected chi connectivity index (χ2v) is 7.47. The van der Waals surface area contributed by atoms with E-state index in [1.807, 2.05) is 41.8 Å². The maximum absolute atomic E-state index is 10.7. The van der Waals surface area contributed by atoms with Gasteiger partial charge in [-0.2, -0.15) is 0 Å². The Morgan fingerprint density at radius 2 is 1.32 bits per heavy atom. The highest BCUT2D eigenvalue weighted by molar-refractivity contribution is 7.71. The summed E-state index contributed by atoms with van der Waals surface area (Å²) in [4.78, 5) is 0. The van der Waals surface area contributed by atoms with Crippen LogP contribution in [0.1, 0.15) is 16.8 Å². The highest BCUT2D eigenvalue weighted by Crippen LogP contribution is 2.28. The second-order valence-electron chi connectivity index (χ2n) is 6.67. The lowest BCUT2D eigenvalue weighted by Gasteiger charge is -2.08. The molecule has 3 nitrogen and oxygen atoms in total. The molecule has 0 amide bonds. The van der Waals surface area contributed by atoms with Crippen LogP contribution in [0.4, 0.5) is 0 Å². The van der Waals surface area contributed by atoms with Gasteiger partial charge in [0, 0.05) is 10.7 Å². The summed E-state index contributed by atoms with van der Waals surface area (Å²) in [6.07, 6.45) is 0.878. The number of aromatic hydroxyl groups is 1. The average molecular weight is 407 g/mol. The zero-order chi connectivity index (χ0) is 19.7. The summed E-state index contributed by atoms with van der Waals surface area (Å²) in [7, 11) is 0. The first kappa shape index (κ1) is 18.5. The van der Waals surface area contributed by atoms with Crippen molar-refractivity contribution < 1.29 is 5.11 Å². The van der Waals surface area contributed by atoms with Crippen molar-refractivity contribution >= 4 is 23.8 Å². The van der Waals surface area contributed by atoms with Crippen molar-refractivity contribution in [1.29, 1.82) is 0 Å². The Morgan fingerprint density at radius 3 is 1.96 bits per heavy atom. The molecule has 0 saturated carbocycles. The first-order chi connectivity index (χ1) is 13.5. The van der Waals surface area contributed by atoms with E-state index in [2.05, 4.69) is 36.4 Å². The van der Waals surface area contributed by atoms with E-state index in [4.69, 9.17) is 23.8 Å². The van der Waals surface area contributed by atoms with Crippen LogP contribution >= 0.6 is 23.8 Å². The van der Waals surface area contributed by atoms with Crippen LogP contribution in [0, 0.1) is 11.7 Å². The van der Waals surface area contributed by atoms with Crippen LogP contribution in [0.3, 0.4) is 0 Å². The molecule has 1 aromatic heterocycles. The number of halogens is 1. The summed E-state index contributed by atoms with van der Waals surface area (Å²) in [6, 6.07) is 25.9. The van der Waals surface area contributed by atoms with E-state index in [9.17, 15) is 5.11 Å². The van der Waals surface area contributed by atoms with Gasteiger partial charge < -0.3 is 5.11 Å². The Bertz CT molecular complexity index is 1160. The minimum atomic E-state index is 0.126. The summed E-state index contributed by atoms with van der Waals surface area (Å²) in [5.41, 5.74) is 4.88. The van der Waals surface area contributed by atoms with Gasteiger partial charge in [-0.3, -0.25) is 9.13 Å². The molecule has 5 heteroatoms. The molecule has 140 valence electrons. The van der Waals surface area contributed by atoms with E-state index >= 15 is 0 Å². The summed E-state index contributed by atoms with van der Waals surface area (Å²) in [5.74, 6) is 0.126. The molecular weight excluding hydrogens is 388 g/mol. The Hall–Kier alpha value is -2.82. The number of hydrogen-bond donors (Lipinski definition) is 1. The van der Waals surface area contributed by atoms with Crippen molar-refractivity contribution in [3.05, 3.63) is 105 Å². The van der Waals surface area contributed by atoms with Crippen molar-refractivity contribution in [2.24, 2.45) is 0 Å². The Labute approximate surface area is 174 Å². The largest absolute Gasteiger partial charge is 0.493 e. The highest BCUT2D eigenvalue weighted by Gasteiger charge is 2.16. The lowest BCUT2D eigenvalue weighted by atomic mass is 10.0. The van der Waals surface area contributed by atoms with Gasteiger partial charge in [-0.05, 0) is 73.1 Å². The molecule has 0 aliphatic heterocycles. The molecular formula is C23H19ClN2OS. The van der Waals surface area contributed by atoms with Gasteiger partial charge in [0.15, 0.2) is 4.77 Å². The smallest absolute Gasteiger partial charge is 0.218 e.